The van der Waals surface area contributed by atoms with Gasteiger partial charge in [-0.25, -0.2) is 4.98 Å². The van der Waals surface area contributed by atoms with Gasteiger partial charge in [-0.2, -0.15) is 0 Å². The molecule has 0 radical (unpaired) electrons. The monoisotopic (exact) mass is 344 g/mol. The second-order valence-corrected chi connectivity index (χ2v) is 5.89. The fourth-order valence-electron chi connectivity index (χ4n) is 1.63. The van der Waals surface area contributed by atoms with E-state index in [1.165, 1.54) is 0 Å². The molecular weight excluding hydrogens is 335 g/mol. The highest BCUT2D eigenvalue weighted by atomic mass is 127. The number of hydrogen-bond acceptors (Lipinski definition) is 3. The van der Waals surface area contributed by atoms with Gasteiger partial charge in [0.25, 0.3) is 5.56 Å². The highest BCUT2D eigenvalue weighted by Crippen LogP contribution is 2.40. The molecule has 1 N–H and O–H groups in total. The fraction of sp³-hybridized carbons (Fsp3) is 0.273. The first-order valence-electron chi connectivity index (χ1n) is 5.09. The van der Waals surface area contributed by atoms with Gasteiger partial charge in [0.1, 0.15) is 3.57 Å². The molecule has 0 amide bonds. The summed E-state index contributed by atoms with van der Waals surface area (Å²) in [7, 11) is 0. The van der Waals surface area contributed by atoms with E-state index in [1.807, 2.05) is 17.5 Å². The maximum absolute atomic E-state index is 11.8. The molecule has 1 fully saturated rings. The predicted molar refractivity (Wildman–Crippen MR) is 72.9 cm³/mol. The molecule has 16 heavy (non-hydrogen) atoms. The van der Waals surface area contributed by atoms with Crippen molar-refractivity contribution >= 4 is 33.9 Å². The quantitative estimate of drug-likeness (QED) is 0.852. The van der Waals surface area contributed by atoms with E-state index >= 15 is 0 Å². The van der Waals surface area contributed by atoms with Crippen LogP contribution in [0, 0.1) is 3.57 Å². The van der Waals surface area contributed by atoms with Gasteiger partial charge in [0.2, 0.25) is 0 Å². The Hall–Kier alpha value is -0.690. The molecule has 0 unspecified atom stereocenters. The highest BCUT2D eigenvalue weighted by Gasteiger charge is 2.29. The first-order chi connectivity index (χ1) is 7.75. The van der Waals surface area contributed by atoms with Gasteiger partial charge < -0.3 is 4.98 Å². The number of H-pyrrole nitrogens is 1. The molecule has 2 heterocycles. The van der Waals surface area contributed by atoms with E-state index in [-0.39, 0.29) is 5.56 Å². The Labute approximate surface area is 110 Å². The van der Waals surface area contributed by atoms with Gasteiger partial charge in [-0.05, 0) is 46.9 Å². The zero-order valence-electron chi connectivity index (χ0n) is 8.37. The van der Waals surface area contributed by atoms with E-state index in [1.54, 1.807) is 11.3 Å². The molecule has 0 atom stereocenters. The van der Waals surface area contributed by atoms with E-state index in [4.69, 9.17) is 0 Å². The van der Waals surface area contributed by atoms with Crippen molar-refractivity contribution in [3.63, 3.8) is 0 Å². The second kappa shape index (κ2) is 3.96. The predicted octanol–water partition coefficient (Wildman–Crippen LogP) is 2.98. The average Bonchev–Trinajstić information content (AvgIpc) is 2.96. The molecule has 2 aromatic rings. The van der Waals surface area contributed by atoms with Crippen molar-refractivity contribution in [3.8, 4) is 10.7 Å². The Morgan fingerprint density at radius 1 is 1.50 bits per heavy atom. The Morgan fingerprint density at radius 3 is 2.94 bits per heavy atom. The Kier molecular flexibility index (Phi) is 2.59. The van der Waals surface area contributed by atoms with Crippen LogP contribution in [0.25, 0.3) is 10.7 Å². The van der Waals surface area contributed by atoms with E-state index in [9.17, 15) is 4.79 Å². The summed E-state index contributed by atoms with van der Waals surface area (Å²) in [5.74, 6) is 1.22. The lowest BCUT2D eigenvalue weighted by Crippen LogP contribution is -2.15. The van der Waals surface area contributed by atoms with Crippen LogP contribution in [0.2, 0.25) is 0 Å². The molecule has 1 aliphatic carbocycles. The standard InChI is InChI=1S/C11H9IN2OS/c12-8-9(6-3-4-6)13-10(14-11(8)15)7-2-1-5-16-7/h1-2,5-6H,3-4H2,(H,13,14,15). The zero-order valence-corrected chi connectivity index (χ0v) is 11.3. The second-order valence-electron chi connectivity index (χ2n) is 3.87. The van der Waals surface area contributed by atoms with Crippen LogP contribution in [-0.2, 0) is 0 Å². The minimum Gasteiger partial charge on any atom is -0.305 e. The van der Waals surface area contributed by atoms with Gasteiger partial charge in [-0.3, -0.25) is 4.79 Å². The maximum atomic E-state index is 11.8. The fourth-order valence-corrected chi connectivity index (χ4v) is 3.00. The summed E-state index contributed by atoms with van der Waals surface area (Å²) in [5.41, 5.74) is 0.966. The van der Waals surface area contributed by atoms with Crippen LogP contribution in [0.5, 0.6) is 0 Å². The summed E-state index contributed by atoms with van der Waals surface area (Å²) in [6.07, 6.45) is 2.33. The van der Waals surface area contributed by atoms with E-state index in [0.29, 0.717) is 11.7 Å². The van der Waals surface area contributed by atoms with Gasteiger partial charge >= 0.3 is 0 Å². The normalized spacial score (nSPS) is 15.3. The zero-order chi connectivity index (χ0) is 11.1. The van der Waals surface area contributed by atoms with E-state index in [2.05, 4.69) is 32.6 Å². The maximum Gasteiger partial charge on any atom is 0.264 e. The number of aromatic nitrogens is 2. The Morgan fingerprint density at radius 2 is 2.31 bits per heavy atom. The van der Waals surface area contributed by atoms with Crippen LogP contribution in [0.15, 0.2) is 22.3 Å². The number of aromatic amines is 1. The number of thiophene rings is 1. The molecule has 0 saturated heterocycles. The van der Waals surface area contributed by atoms with Gasteiger partial charge in [0, 0.05) is 5.92 Å². The average molecular weight is 344 g/mol. The van der Waals surface area contributed by atoms with Crippen LogP contribution in [0.3, 0.4) is 0 Å². The lowest BCUT2D eigenvalue weighted by Gasteiger charge is -2.03. The van der Waals surface area contributed by atoms with Crippen molar-refractivity contribution in [2.24, 2.45) is 0 Å². The topological polar surface area (TPSA) is 45.8 Å². The number of hydrogen-bond donors (Lipinski definition) is 1. The molecule has 82 valence electrons. The van der Waals surface area contributed by atoms with Crippen molar-refractivity contribution < 1.29 is 0 Å². The van der Waals surface area contributed by atoms with Crippen LogP contribution in [0.4, 0.5) is 0 Å². The van der Waals surface area contributed by atoms with Crippen molar-refractivity contribution in [1.29, 1.82) is 0 Å². The van der Waals surface area contributed by atoms with Crippen molar-refractivity contribution in [2.75, 3.05) is 0 Å². The lowest BCUT2D eigenvalue weighted by atomic mass is 10.3. The molecule has 3 nitrogen and oxygen atoms in total. The van der Waals surface area contributed by atoms with Gasteiger partial charge in [-0.1, -0.05) is 6.07 Å². The highest BCUT2D eigenvalue weighted by molar-refractivity contribution is 14.1. The SMILES string of the molecule is O=c1[nH]c(-c2cccs2)nc(C2CC2)c1I. The third kappa shape index (κ3) is 1.82. The minimum absolute atomic E-state index is 0.0131. The number of rotatable bonds is 2. The summed E-state index contributed by atoms with van der Waals surface area (Å²) in [6.45, 7) is 0. The summed E-state index contributed by atoms with van der Waals surface area (Å²) in [5, 5.41) is 1.99. The number of halogens is 1. The molecule has 0 spiro atoms. The molecular formula is C11H9IN2OS. The minimum atomic E-state index is -0.0131. The van der Waals surface area contributed by atoms with Gasteiger partial charge in [-0.15, -0.1) is 11.3 Å². The number of nitrogens with one attached hydrogen (secondary N) is 1. The molecule has 0 bridgehead atoms. The first kappa shape index (κ1) is 10.5. The van der Waals surface area contributed by atoms with Crippen molar-refractivity contribution in [2.45, 2.75) is 18.8 Å². The van der Waals surface area contributed by atoms with Crippen molar-refractivity contribution in [3.05, 3.63) is 37.1 Å². The van der Waals surface area contributed by atoms with Crippen LogP contribution in [-0.4, -0.2) is 9.97 Å². The van der Waals surface area contributed by atoms with E-state index in [0.717, 1.165) is 27.0 Å². The molecule has 0 aromatic carbocycles. The lowest BCUT2D eigenvalue weighted by molar-refractivity contribution is 0.960. The molecule has 5 heteroatoms. The van der Waals surface area contributed by atoms with Crippen molar-refractivity contribution in [1.82, 2.24) is 9.97 Å². The van der Waals surface area contributed by atoms with Crippen LogP contribution >= 0.6 is 33.9 Å². The summed E-state index contributed by atoms with van der Waals surface area (Å²) >= 11 is 3.69. The largest absolute Gasteiger partial charge is 0.305 e. The molecule has 1 saturated carbocycles. The Bertz CT molecular complexity index is 572. The smallest absolute Gasteiger partial charge is 0.264 e. The summed E-state index contributed by atoms with van der Waals surface area (Å²) in [6, 6.07) is 3.95. The summed E-state index contributed by atoms with van der Waals surface area (Å²) in [4.78, 5) is 20.2. The molecule has 3 rings (SSSR count). The third-order valence-electron chi connectivity index (χ3n) is 2.61. The first-order valence-corrected chi connectivity index (χ1v) is 7.05. The van der Waals surface area contributed by atoms with Gasteiger partial charge in [0.05, 0.1) is 10.6 Å². The third-order valence-corrected chi connectivity index (χ3v) is 4.53. The molecule has 1 aliphatic rings. The molecule has 0 aliphatic heterocycles. The van der Waals surface area contributed by atoms with E-state index < -0.39 is 0 Å². The number of nitrogens with zero attached hydrogens (tertiary/aromatic N) is 1. The van der Waals surface area contributed by atoms with Gasteiger partial charge in [0.15, 0.2) is 5.82 Å². The molecule has 2 aromatic heterocycles. The van der Waals surface area contributed by atoms with Crippen LogP contribution in [0.1, 0.15) is 24.5 Å². The van der Waals surface area contributed by atoms with Crippen LogP contribution < -0.4 is 5.56 Å². The Balaban J connectivity index is 2.17. The summed E-state index contributed by atoms with van der Waals surface area (Å²) < 4.78 is 0.750.